The van der Waals surface area contributed by atoms with Crippen LogP contribution < -0.4 is 20.3 Å². The highest BCUT2D eigenvalue weighted by Gasteiger charge is 2.28. The summed E-state index contributed by atoms with van der Waals surface area (Å²) < 4.78 is 35.4. The predicted octanol–water partition coefficient (Wildman–Crippen LogP) is 2.17. The maximum Gasteiger partial charge on any atom is 0.240 e. The van der Waals surface area contributed by atoms with Crippen molar-refractivity contribution in [1.82, 2.24) is 0 Å². The second-order valence-electron chi connectivity index (χ2n) is 4.81. The van der Waals surface area contributed by atoms with Gasteiger partial charge in [-0.25, -0.2) is 13.6 Å². The summed E-state index contributed by atoms with van der Waals surface area (Å²) in [7, 11) is -4.00. The number of hydrogen-bond acceptors (Lipinski definition) is 5. The number of rotatable bonds is 9. The van der Waals surface area contributed by atoms with Crippen LogP contribution in [0.2, 0.25) is 0 Å². The lowest BCUT2D eigenvalue weighted by atomic mass is 10.0. The predicted molar refractivity (Wildman–Crippen MR) is 92.4 cm³/mol. The molecule has 1 aromatic rings. The highest BCUT2D eigenvalue weighted by molar-refractivity contribution is 7.89. The van der Waals surface area contributed by atoms with Crippen molar-refractivity contribution in [3.8, 4) is 11.5 Å². The maximum absolute atomic E-state index is 12.0. The molecule has 0 saturated heterocycles. The molecule has 0 heterocycles. The summed E-state index contributed by atoms with van der Waals surface area (Å²) >= 11 is 0. The molecule has 0 amide bonds. The van der Waals surface area contributed by atoms with Gasteiger partial charge in [0.05, 0.1) is 5.69 Å². The zero-order chi connectivity index (χ0) is 17.6. The van der Waals surface area contributed by atoms with Crippen LogP contribution in [0, 0.1) is 0 Å². The normalized spacial score (nSPS) is 11.1. The SMILES string of the molecule is C=CCOc1c(CC)c(N)c(S(N)(=O)=O)c(CC)c1OCC=C. The molecule has 0 bridgehead atoms. The minimum atomic E-state index is -4.00. The number of hydrogen-bond donors (Lipinski definition) is 2. The van der Waals surface area contributed by atoms with Crippen LogP contribution in [0.25, 0.3) is 0 Å². The average Bonchev–Trinajstić information content (AvgIpc) is 2.49. The first kappa shape index (κ1) is 19.1. The number of benzene rings is 1. The minimum absolute atomic E-state index is 0.0955. The Morgan fingerprint density at radius 3 is 1.78 bits per heavy atom. The summed E-state index contributed by atoms with van der Waals surface area (Å²) in [5, 5.41) is 5.36. The number of primary sulfonamides is 1. The zero-order valence-electron chi connectivity index (χ0n) is 13.6. The Balaban J connectivity index is 3.83. The average molecular weight is 340 g/mol. The van der Waals surface area contributed by atoms with Crippen LogP contribution in [-0.2, 0) is 22.9 Å². The smallest absolute Gasteiger partial charge is 0.240 e. The quantitative estimate of drug-likeness (QED) is 0.529. The first-order valence-electron chi connectivity index (χ1n) is 7.30. The second-order valence-corrected chi connectivity index (χ2v) is 6.31. The summed E-state index contributed by atoms with van der Waals surface area (Å²) in [5.74, 6) is 0.764. The van der Waals surface area contributed by atoms with E-state index in [4.69, 9.17) is 20.3 Å². The van der Waals surface area contributed by atoms with E-state index in [0.717, 1.165) is 0 Å². The molecule has 6 nitrogen and oxygen atoms in total. The fraction of sp³-hybridized carbons (Fsp3) is 0.375. The number of anilines is 1. The van der Waals surface area contributed by atoms with Gasteiger partial charge in [-0.2, -0.15) is 0 Å². The van der Waals surface area contributed by atoms with Crippen LogP contribution in [0.15, 0.2) is 30.2 Å². The van der Waals surface area contributed by atoms with Crippen LogP contribution in [0.4, 0.5) is 5.69 Å². The summed E-state index contributed by atoms with van der Waals surface area (Å²) in [4.78, 5) is -0.0955. The molecule has 0 atom stereocenters. The first-order valence-corrected chi connectivity index (χ1v) is 8.85. The van der Waals surface area contributed by atoms with E-state index in [1.54, 1.807) is 19.1 Å². The molecule has 0 aromatic heterocycles. The van der Waals surface area contributed by atoms with Crippen LogP contribution in [0.1, 0.15) is 25.0 Å². The lowest BCUT2D eigenvalue weighted by molar-refractivity contribution is 0.302. The third-order valence-corrected chi connectivity index (χ3v) is 4.32. The number of nitrogen functional groups attached to an aromatic ring is 1. The number of sulfonamides is 1. The molecule has 0 radical (unpaired) electrons. The summed E-state index contributed by atoms with van der Waals surface area (Å²) in [6.07, 6.45) is 3.99. The van der Waals surface area contributed by atoms with Crippen molar-refractivity contribution in [2.45, 2.75) is 31.6 Å². The number of ether oxygens (including phenoxy) is 2. The van der Waals surface area contributed by atoms with Crippen molar-refractivity contribution in [2.75, 3.05) is 18.9 Å². The molecule has 0 aliphatic rings. The molecule has 0 aliphatic heterocycles. The summed E-state index contributed by atoms with van der Waals surface area (Å²) in [6, 6.07) is 0. The van der Waals surface area contributed by atoms with E-state index in [1.807, 2.05) is 6.92 Å². The standard InChI is InChI=1S/C16H24N2O4S/c1-5-9-21-14-11(7-3)13(17)16(23(18,19)20)12(8-4)15(14)22-10-6-2/h5-6H,1-2,7-10,17H2,3-4H3,(H2,18,19,20). The molecule has 0 fully saturated rings. The zero-order valence-corrected chi connectivity index (χ0v) is 14.4. The van der Waals surface area contributed by atoms with E-state index < -0.39 is 10.0 Å². The van der Waals surface area contributed by atoms with Gasteiger partial charge in [0.2, 0.25) is 10.0 Å². The van der Waals surface area contributed by atoms with Gasteiger partial charge in [0, 0.05) is 11.1 Å². The molecule has 0 unspecified atom stereocenters. The molecule has 7 heteroatoms. The molecular formula is C16H24N2O4S. The van der Waals surface area contributed by atoms with Gasteiger partial charge in [0.15, 0.2) is 11.5 Å². The lowest BCUT2D eigenvalue weighted by Gasteiger charge is -2.22. The Kier molecular flexibility index (Phi) is 6.65. The third-order valence-electron chi connectivity index (χ3n) is 3.28. The summed E-state index contributed by atoms with van der Waals surface area (Å²) in [5.41, 5.74) is 7.15. The molecule has 1 rings (SSSR count). The Hall–Kier alpha value is -1.99. The molecule has 0 aliphatic carbocycles. The van der Waals surface area contributed by atoms with Gasteiger partial charge >= 0.3 is 0 Å². The van der Waals surface area contributed by atoms with Crippen molar-refractivity contribution >= 4 is 15.7 Å². The Bertz CT molecular complexity index is 697. The number of nitrogens with two attached hydrogens (primary N) is 2. The second kappa shape index (κ2) is 8.03. The molecule has 0 saturated carbocycles. The van der Waals surface area contributed by atoms with Crippen molar-refractivity contribution in [3.05, 3.63) is 36.4 Å². The highest BCUT2D eigenvalue weighted by Crippen LogP contribution is 2.44. The van der Waals surface area contributed by atoms with E-state index >= 15 is 0 Å². The first-order chi connectivity index (χ1) is 10.8. The molecule has 1 aromatic carbocycles. The van der Waals surface area contributed by atoms with Crippen molar-refractivity contribution < 1.29 is 17.9 Å². The van der Waals surface area contributed by atoms with E-state index in [1.165, 1.54) is 0 Å². The Labute approximate surface area is 137 Å². The fourth-order valence-corrected chi connectivity index (χ4v) is 3.40. The Morgan fingerprint density at radius 2 is 1.43 bits per heavy atom. The van der Waals surface area contributed by atoms with Crippen LogP contribution in [0.3, 0.4) is 0 Å². The third kappa shape index (κ3) is 4.05. The maximum atomic E-state index is 12.0. The van der Waals surface area contributed by atoms with E-state index in [9.17, 15) is 8.42 Å². The molecule has 128 valence electrons. The molecule has 0 spiro atoms. The van der Waals surface area contributed by atoms with Gasteiger partial charge < -0.3 is 15.2 Å². The van der Waals surface area contributed by atoms with Gasteiger partial charge in [-0.15, -0.1) is 0 Å². The molecule has 23 heavy (non-hydrogen) atoms. The van der Waals surface area contributed by atoms with Crippen molar-refractivity contribution in [1.29, 1.82) is 0 Å². The largest absolute Gasteiger partial charge is 0.485 e. The monoisotopic (exact) mass is 340 g/mol. The molecule has 4 N–H and O–H groups in total. The van der Waals surface area contributed by atoms with Crippen LogP contribution in [-0.4, -0.2) is 21.6 Å². The van der Waals surface area contributed by atoms with Gasteiger partial charge in [-0.05, 0) is 12.8 Å². The van der Waals surface area contributed by atoms with Crippen LogP contribution >= 0.6 is 0 Å². The van der Waals surface area contributed by atoms with E-state index in [0.29, 0.717) is 35.5 Å². The van der Waals surface area contributed by atoms with E-state index in [-0.39, 0.29) is 23.8 Å². The summed E-state index contributed by atoms with van der Waals surface area (Å²) in [6.45, 7) is 11.3. The Morgan fingerprint density at radius 1 is 1.00 bits per heavy atom. The topological polar surface area (TPSA) is 105 Å². The van der Waals surface area contributed by atoms with Gasteiger partial charge in [0.25, 0.3) is 0 Å². The highest BCUT2D eigenvalue weighted by atomic mass is 32.2. The van der Waals surface area contributed by atoms with Crippen molar-refractivity contribution in [3.63, 3.8) is 0 Å². The van der Waals surface area contributed by atoms with Crippen molar-refractivity contribution in [2.24, 2.45) is 5.14 Å². The van der Waals surface area contributed by atoms with Gasteiger partial charge in [0.1, 0.15) is 18.1 Å². The minimum Gasteiger partial charge on any atom is -0.485 e. The van der Waals surface area contributed by atoms with Gasteiger partial charge in [-0.1, -0.05) is 39.2 Å². The van der Waals surface area contributed by atoms with E-state index in [2.05, 4.69) is 13.2 Å². The van der Waals surface area contributed by atoms with Crippen LogP contribution in [0.5, 0.6) is 11.5 Å². The molecular weight excluding hydrogens is 316 g/mol. The van der Waals surface area contributed by atoms with Gasteiger partial charge in [-0.3, -0.25) is 0 Å². The fourth-order valence-electron chi connectivity index (χ4n) is 2.39. The lowest BCUT2D eigenvalue weighted by Crippen LogP contribution is -2.20.